The van der Waals surface area contributed by atoms with Gasteiger partial charge >= 0.3 is 11.7 Å². The lowest BCUT2D eigenvalue weighted by Gasteiger charge is -2.41. The number of hydrogen-bond donors (Lipinski definition) is 5. The van der Waals surface area contributed by atoms with Crippen molar-refractivity contribution in [1.82, 2.24) is 35.3 Å². The molecule has 0 radical (unpaired) electrons. The van der Waals surface area contributed by atoms with E-state index in [-0.39, 0.29) is 55.6 Å². The fraction of sp³-hybridized carbons (Fsp3) is 0.657. The Kier molecular flexibility index (Phi) is 11.5. The van der Waals surface area contributed by atoms with Crippen molar-refractivity contribution < 1.29 is 29.1 Å². The molecule has 1 aliphatic carbocycles. The molecule has 0 bridgehead atoms. The average molecular weight is 684 g/mol. The molecule has 5 amide bonds. The molecular weight excluding hydrogens is 630 g/mol. The van der Waals surface area contributed by atoms with Crippen LogP contribution in [0.1, 0.15) is 68.2 Å². The number of carbonyl (C=O) groups is 5. The highest BCUT2D eigenvalue weighted by Gasteiger charge is 2.70. The quantitative estimate of drug-likeness (QED) is 0.119. The van der Waals surface area contributed by atoms with E-state index in [0.717, 1.165) is 4.57 Å². The molecule has 49 heavy (non-hydrogen) atoms. The van der Waals surface area contributed by atoms with E-state index in [1.165, 1.54) is 22.1 Å². The number of terminal acetylenes is 1. The second-order valence-corrected chi connectivity index (χ2v) is 15.9. The zero-order valence-electron chi connectivity index (χ0n) is 30.2. The van der Waals surface area contributed by atoms with Crippen LogP contribution in [0, 0.1) is 40.4 Å². The number of aromatic hydroxyl groups is 1. The van der Waals surface area contributed by atoms with Crippen LogP contribution in [0.3, 0.4) is 0 Å². The smallest absolute Gasteiger partial charge is 0.328 e. The molecule has 5 N–H and O–H groups in total. The van der Waals surface area contributed by atoms with Crippen molar-refractivity contribution in [2.24, 2.45) is 28.1 Å². The molecule has 2 heterocycles. The van der Waals surface area contributed by atoms with Crippen molar-refractivity contribution in [2.75, 3.05) is 20.1 Å². The van der Waals surface area contributed by atoms with Gasteiger partial charge in [-0.3, -0.25) is 23.7 Å². The molecule has 2 fully saturated rings. The predicted octanol–water partition coefficient (Wildman–Crippen LogP) is 1.61. The number of nitrogens with one attached hydrogen (secondary N) is 4. The standard InChI is InChI=1S/C35H53N7O7/c1-12-14-15-21(26(44)29(46)36-16-13-2)38-28(45)25-24-20(35(24,9)10)18-42(25)30(47)27(34(6,7)8)39-32(49)40(11)22(33(3,4)5)19-41-23(43)17-37-31(41)48/h1,13,17,20-22,24-25,27,43H,2,14-16,18-19H2,3-11H3,(H,36,46)(H,37,48)(H,38,45)(H,39,49)/t20-,21?,22+,24-,25-,27+/m0/s1. The second kappa shape index (κ2) is 14.5. The van der Waals surface area contributed by atoms with Crippen molar-refractivity contribution in [3.8, 4) is 18.2 Å². The first kappa shape index (κ1) is 38.9. The number of ketones is 1. The number of hydrogen-bond acceptors (Lipinski definition) is 7. The van der Waals surface area contributed by atoms with Gasteiger partial charge in [-0.15, -0.1) is 18.9 Å². The minimum absolute atomic E-state index is 0.00624. The Morgan fingerprint density at radius 2 is 1.80 bits per heavy atom. The van der Waals surface area contributed by atoms with Crippen molar-refractivity contribution in [3.05, 3.63) is 29.3 Å². The van der Waals surface area contributed by atoms with Gasteiger partial charge in [-0.25, -0.2) is 9.59 Å². The van der Waals surface area contributed by atoms with Gasteiger partial charge < -0.3 is 35.8 Å². The lowest BCUT2D eigenvalue weighted by molar-refractivity contribution is -0.145. The summed E-state index contributed by atoms with van der Waals surface area (Å²) >= 11 is 0. The van der Waals surface area contributed by atoms with Crippen molar-refractivity contribution in [2.45, 2.75) is 98.9 Å². The number of rotatable bonds is 13. The zero-order chi connectivity index (χ0) is 37.2. The van der Waals surface area contributed by atoms with Crippen molar-refractivity contribution in [3.63, 3.8) is 0 Å². The normalized spacial score (nSPS) is 21.3. The molecule has 1 saturated heterocycles. The largest absolute Gasteiger partial charge is 0.493 e. The lowest BCUT2D eigenvalue weighted by Crippen LogP contribution is -2.62. The third-order valence-corrected chi connectivity index (χ3v) is 9.97. The van der Waals surface area contributed by atoms with Gasteiger partial charge in [-0.1, -0.05) is 61.5 Å². The van der Waals surface area contributed by atoms with E-state index in [9.17, 15) is 33.9 Å². The second-order valence-electron chi connectivity index (χ2n) is 15.9. The average Bonchev–Trinajstić information content (AvgIpc) is 3.29. The van der Waals surface area contributed by atoms with Crippen LogP contribution in [-0.2, 0) is 25.7 Å². The van der Waals surface area contributed by atoms with Gasteiger partial charge in [0.15, 0.2) is 0 Å². The predicted molar refractivity (Wildman–Crippen MR) is 184 cm³/mol. The Hall–Kier alpha value is -4.54. The van der Waals surface area contributed by atoms with Crippen molar-refractivity contribution in [1.29, 1.82) is 0 Å². The molecule has 0 spiro atoms. The summed E-state index contributed by atoms with van der Waals surface area (Å²) in [6, 6.07) is -4.37. The molecular formula is C35H53N7O7. The maximum absolute atomic E-state index is 14.4. The Bertz CT molecular complexity index is 1550. The monoisotopic (exact) mass is 683 g/mol. The minimum atomic E-state index is -1.20. The molecule has 1 unspecified atom stereocenters. The highest BCUT2D eigenvalue weighted by Crippen LogP contribution is 2.65. The van der Waals surface area contributed by atoms with E-state index in [2.05, 4.69) is 33.4 Å². The van der Waals surface area contributed by atoms with Gasteiger partial charge in [0, 0.05) is 26.6 Å². The first-order valence-corrected chi connectivity index (χ1v) is 16.6. The molecule has 270 valence electrons. The number of fused-ring (bicyclic) bond motifs is 1. The number of imidazole rings is 1. The summed E-state index contributed by atoms with van der Waals surface area (Å²) in [4.78, 5) is 85.5. The Labute approximate surface area is 288 Å². The number of aromatic nitrogens is 2. The number of H-pyrrole nitrogens is 1. The van der Waals surface area contributed by atoms with Crippen LogP contribution in [0.25, 0.3) is 0 Å². The number of carbonyl (C=O) groups excluding carboxylic acids is 5. The summed E-state index contributed by atoms with van der Waals surface area (Å²) in [5.74, 6) is -0.775. The summed E-state index contributed by atoms with van der Waals surface area (Å²) in [6.45, 7) is 19.0. The number of Topliss-reactive ketones (excluding diaryl/α,β-unsaturated/α-hetero) is 1. The fourth-order valence-electron chi connectivity index (χ4n) is 6.87. The molecule has 6 atom stereocenters. The maximum Gasteiger partial charge on any atom is 0.328 e. The maximum atomic E-state index is 14.4. The third kappa shape index (κ3) is 8.37. The topological polar surface area (TPSA) is 186 Å². The zero-order valence-corrected chi connectivity index (χ0v) is 30.2. The van der Waals surface area contributed by atoms with Gasteiger partial charge in [0.05, 0.1) is 24.8 Å². The van der Waals surface area contributed by atoms with Crippen LogP contribution in [0.15, 0.2) is 23.6 Å². The highest BCUT2D eigenvalue weighted by atomic mass is 16.3. The number of nitrogens with zero attached hydrogens (tertiary/aromatic N) is 3. The number of urea groups is 1. The first-order chi connectivity index (χ1) is 22.6. The lowest BCUT2D eigenvalue weighted by atomic mass is 9.84. The van der Waals surface area contributed by atoms with Crippen LogP contribution in [0.5, 0.6) is 5.88 Å². The van der Waals surface area contributed by atoms with E-state index in [1.54, 1.807) is 27.8 Å². The highest BCUT2D eigenvalue weighted by molar-refractivity contribution is 6.38. The Balaban J connectivity index is 1.89. The first-order valence-electron chi connectivity index (χ1n) is 16.6. The SMILES string of the molecule is C#CCCC(NC(=O)[C@@H]1[C@@H]2[C@H](CN1C(=O)[C@@H](NC(=O)N(C)[C@H](Cn1c(O)c[nH]c1=O)C(C)(C)C)C(C)(C)C)C2(C)C)C(=O)C(=O)NCC=C. The Morgan fingerprint density at radius 1 is 1.16 bits per heavy atom. The number of piperidine rings is 1. The molecule has 2 aliphatic rings. The van der Waals surface area contributed by atoms with Gasteiger partial charge in [-0.2, -0.15) is 0 Å². The molecule has 14 nitrogen and oxygen atoms in total. The van der Waals surface area contributed by atoms with Gasteiger partial charge in [0.1, 0.15) is 12.1 Å². The van der Waals surface area contributed by atoms with Crippen LogP contribution in [-0.4, -0.2) is 98.3 Å². The molecule has 1 aliphatic heterocycles. The number of aromatic amines is 1. The molecule has 1 aromatic heterocycles. The van der Waals surface area contributed by atoms with E-state index in [0.29, 0.717) is 0 Å². The molecule has 0 aromatic carbocycles. The summed E-state index contributed by atoms with van der Waals surface area (Å²) in [5, 5.41) is 18.3. The number of likely N-dealkylation sites (N-methyl/N-ethyl adjacent to an activating group) is 1. The summed E-state index contributed by atoms with van der Waals surface area (Å²) < 4.78 is 1.14. The van der Waals surface area contributed by atoms with E-state index < -0.39 is 70.2 Å². The summed E-state index contributed by atoms with van der Waals surface area (Å²) in [7, 11) is 1.56. The van der Waals surface area contributed by atoms with E-state index in [4.69, 9.17) is 6.42 Å². The fourth-order valence-corrected chi connectivity index (χ4v) is 6.87. The van der Waals surface area contributed by atoms with Crippen LogP contribution in [0.2, 0.25) is 0 Å². The summed E-state index contributed by atoms with van der Waals surface area (Å²) in [5.41, 5.74) is -2.11. The number of amides is 5. The van der Waals surface area contributed by atoms with Gasteiger partial charge in [0.2, 0.25) is 23.5 Å². The van der Waals surface area contributed by atoms with E-state index in [1.807, 2.05) is 34.6 Å². The minimum Gasteiger partial charge on any atom is -0.493 e. The Morgan fingerprint density at radius 3 is 2.31 bits per heavy atom. The van der Waals surface area contributed by atoms with Crippen LogP contribution < -0.4 is 21.6 Å². The molecule has 3 rings (SSSR count). The van der Waals surface area contributed by atoms with Gasteiger partial charge in [-0.05, 0) is 34.5 Å². The van der Waals surface area contributed by atoms with E-state index >= 15 is 0 Å². The number of likely N-dealkylation sites (tertiary alicyclic amines) is 1. The summed E-state index contributed by atoms with van der Waals surface area (Å²) in [6.07, 6.45) is 8.21. The van der Waals surface area contributed by atoms with Crippen LogP contribution in [0.4, 0.5) is 4.79 Å². The molecule has 1 aromatic rings. The third-order valence-electron chi connectivity index (χ3n) is 9.97. The van der Waals surface area contributed by atoms with Crippen molar-refractivity contribution >= 4 is 29.5 Å². The molecule has 14 heteroatoms. The van der Waals surface area contributed by atoms with Crippen LogP contribution >= 0.6 is 0 Å². The van der Waals surface area contributed by atoms with Gasteiger partial charge in [0.25, 0.3) is 5.91 Å². The molecule has 1 saturated carbocycles.